The second kappa shape index (κ2) is 7.86. The van der Waals surface area contributed by atoms with E-state index in [4.69, 9.17) is 9.41 Å². The Labute approximate surface area is 140 Å². The molecule has 0 aliphatic carbocycles. The maximum absolute atomic E-state index is 5.90. The molecule has 0 bridgehead atoms. The van der Waals surface area contributed by atoms with E-state index in [9.17, 15) is 0 Å². The molecule has 5 heteroatoms. The van der Waals surface area contributed by atoms with Crippen LogP contribution < -0.4 is 10.6 Å². The molecule has 130 valence electrons. The van der Waals surface area contributed by atoms with Crippen molar-refractivity contribution in [2.24, 2.45) is 4.99 Å². The summed E-state index contributed by atoms with van der Waals surface area (Å²) in [5, 5.41) is 6.78. The van der Waals surface area contributed by atoms with Crippen LogP contribution in [0.3, 0.4) is 0 Å². The number of guanidine groups is 1. The molecule has 0 spiro atoms. The largest absolute Gasteiger partial charge is 0.465 e. The molecule has 1 unspecified atom stereocenters. The van der Waals surface area contributed by atoms with Gasteiger partial charge in [0, 0.05) is 12.1 Å². The maximum atomic E-state index is 5.90. The first kappa shape index (κ1) is 17.9. The lowest BCUT2D eigenvalue weighted by Crippen LogP contribution is -2.47. The standard InChI is InChI=1S/C18H32N4O/c1-6-19-17(21-18(3,4)5)20-13-15(22-11-7-8-12-22)16-10-9-14(2)23-16/h9-10,15H,6-8,11-13H2,1-5H3,(H2,19,20,21). The number of aliphatic imine (C=N–C) groups is 1. The highest BCUT2D eigenvalue weighted by atomic mass is 16.3. The summed E-state index contributed by atoms with van der Waals surface area (Å²) < 4.78 is 5.90. The molecule has 1 fully saturated rings. The average molecular weight is 320 g/mol. The highest BCUT2D eigenvalue weighted by Gasteiger charge is 2.26. The van der Waals surface area contributed by atoms with E-state index in [1.165, 1.54) is 12.8 Å². The monoisotopic (exact) mass is 320 g/mol. The van der Waals surface area contributed by atoms with Gasteiger partial charge in [-0.3, -0.25) is 9.89 Å². The van der Waals surface area contributed by atoms with Crippen molar-refractivity contribution in [3.8, 4) is 0 Å². The number of nitrogens with zero attached hydrogens (tertiary/aromatic N) is 2. The molecule has 1 atom stereocenters. The highest BCUT2D eigenvalue weighted by Crippen LogP contribution is 2.26. The number of aryl methyl sites for hydroxylation is 1. The van der Waals surface area contributed by atoms with Crippen molar-refractivity contribution in [3.05, 3.63) is 23.7 Å². The molecule has 1 aromatic heterocycles. The molecule has 2 heterocycles. The molecular formula is C18H32N4O. The first-order chi connectivity index (χ1) is 10.9. The molecule has 0 radical (unpaired) electrons. The van der Waals surface area contributed by atoms with E-state index in [2.05, 4.69) is 49.3 Å². The zero-order chi connectivity index (χ0) is 16.9. The van der Waals surface area contributed by atoms with Gasteiger partial charge in [-0.15, -0.1) is 0 Å². The van der Waals surface area contributed by atoms with Gasteiger partial charge in [-0.2, -0.15) is 0 Å². The fourth-order valence-corrected chi connectivity index (χ4v) is 2.91. The molecule has 1 aliphatic heterocycles. The van der Waals surface area contributed by atoms with Crippen LogP contribution in [0.2, 0.25) is 0 Å². The van der Waals surface area contributed by atoms with Crippen molar-refractivity contribution in [2.75, 3.05) is 26.2 Å². The Morgan fingerprint density at radius 3 is 2.52 bits per heavy atom. The van der Waals surface area contributed by atoms with Crippen LogP contribution in [-0.2, 0) is 0 Å². The van der Waals surface area contributed by atoms with Gasteiger partial charge in [0.25, 0.3) is 0 Å². The Kier molecular flexibility index (Phi) is 6.10. The lowest BCUT2D eigenvalue weighted by Gasteiger charge is -2.27. The normalized spacial score (nSPS) is 18.2. The first-order valence-corrected chi connectivity index (χ1v) is 8.76. The van der Waals surface area contributed by atoms with Gasteiger partial charge in [0.05, 0.1) is 12.6 Å². The van der Waals surface area contributed by atoms with Gasteiger partial charge in [-0.25, -0.2) is 0 Å². The number of nitrogens with one attached hydrogen (secondary N) is 2. The molecule has 1 aliphatic rings. The SMILES string of the molecule is CCNC(=NCC(c1ccc(C)o1)N1CCCC1)NC(C)(C)C. The van der Waals surface area contributed by atoms with Gasteiger partial charge < -0.3 is 15.1 Å². The van der Waals surface area contributed by atoms with Crippen LogP contribution in [0.25, 0.3) is 0 Å². The zero-order valence-corrected chi connectivity index (χ0v) is 15.3. The molecule has 2 N–H and O–H groups in total. The highest BCUT2D eigenvalue weighted by molar-refractivity contribution is 5.80. The van der Waals surface area contributed by atoms with E-state index in [0.29, 0.717) is 6.54 Å². The van der Waals surface area contributed by atoms with Crippen LogP contribution in [0.1, 0.15) is 58.1 Å². The zero-order valence-electron chi connectivity index (χ0n) is 15.3. The Morgan fingerprint density at radius 2 is 2.00 bits per heavy atom. The number of likely N-dealkylation sites (tertiary alicyclic amines) is 1. The van der Waals surface area contributed by atoms with E-state index < -0.39 is 0 Å². The predicted octanol–water partition coefficient (Wildman–Crippen LogP) is 3.08. The maximum Gasteiger partial charge on any atom is 0.191 e. The van der Waals surface area contributed by atoms with Crippen LogP contribution in [0, 0.1) is 6.92 Å². The fraction of sp³-hybridized carbons (Fsp3) is 0.722. The van der Waals surface area contributed by atoms with E-state index in [1.54, 1.807) is 0 Å². The third-order valence-electron chi connectivity index (χ3n) is 3.93. The third-order valence-corrected chi connectivity index (χ3v) is 3.93. The molecule has 1 aromatic rings. The molecule has 23 heavy (non-hydrogen) atoms. The Hall–Kier alpha value is -1.49. The van der Waals surface area contributed by atoms with Crippen molar-refractivity contribution in [1.29, 1.82) is 0 Å². The number of rotatable bonds is 5. The van der Waals surface area contributed by atoms with Gasteiger partial charge in [-0.1, -0.05) is 0 Å². The Balaban J connectivity index is 2.13. The minimum absolute atomic E-state index is 0.00852. The molecule has 0 aromatic carbocycles. The van der Waals surface area contributed by atoms with Gasteiger partial charge in [-0.05, 0) is 72.7 Å². The predicted molar refractivity (Wildman–Crippen MR) is 95.9 cm³/mol. The molecule has 2 rings (SSSR count). The number of furan rings is 1. The first-order valence-electron chi connectivity index (χ1n) is 8.76. The third kappa shape index (κ3) is 5.57. The Bertz CT molecular complexity index is 509. The van der Waals surface area contributed by atoms with Gasteiger partial charge in [0.2, 0.25) is 0 Å². The van der Waals surface area contributed by atoms with Crippen molar-refractivity contribution in [3.63, 3.8) is 0 Å². The summed E-state index contributed by atoms with van der Waals surface area (Å²) in [7, 11) is 0. The smallest absolute Gasteiger partial charge is 0.191 e. The van der Waals surface area contributed by atoms with Crippen molar-refractivity contribution >= 4 is 5.96 Å². The summed E-state index contributed by atoms with van der Waals surface area (Å²) >= 11 is 0. The van der Waals surface area contributed by atoms with Crippen LogP contribution in [0.15, 0.2) is 21.5 Å². The van der Waals surface area contributed by atoms with Crippen LogP contribution in [0.5, 0.6) is 0 Å². The van der Waals surface area contributed by atoms with Gasteiger partial charge in [0.1, 0.15) is 11.5 Å². The molecular weight excluding hydrogens is 288 g/mol. The summed E-state index contributed by atoms with van der Waals surface area (Å²) in [4.78, 5) is 7.31. The summed E-state index contributed by atoms with van der Waals surface area (Å²) in [6.45, 7) is 14.3. The lowest BCUT2D eigenvalue weighted by molar-refractivity contribution is 0.219. The van der Waals surface area contributed by atoms with Gasteiger partial charge in [0.15, 0.2) is 5.96 Å². The van der Waals surface area contributed by atoms with Crippen LogP contribution >= 0.6 is 0 Å². The second-order valence-corrected chi connectivity index (χ2v) is 7.30. The van der Waals surface area contributed by atoms with E-state index in [0.717, 1.165) is 37.1 Å². The Morgan fingerprint density at radius 1 is 1.30 bits per heavy atom. The number of hydrogen-bond acceptors (Lipinski definition) is 3. The average Bonchev–Trinajstić information content (AvgIpc) is 3.10. The molecule has 0 saturated carbocycles. The quantitative estimate of drug-likeness (QED) is 0.647. The van der Waals surface area contributed by atoms with Gasteiger partial charge >= 0.3 is 0 Å². The lowest BCUT2D eigenvalue weighted by atomic mass is 10.1. The van der Waals surface area contributed by atoms with Crippen LogP contribution in [0.4, 0.5) is 0 Å². The van der Waals surface area contributed by atoms with E-state index in [-0.39, 0.29) is 11.6 Å². The molecule has 1 saturated heterocycles. The van der Waals surface area contributed by atoms with E-state index in [1.807, 2.05) is 13.0 Å². The minimum Gasteiger partial charge on any atom is -0.465 e. The topological polar surface area (TPSA) is 52.8 Å². The molecule has 0 amide bonds. The van der Waals surface area contributed by atoms with E-state index >= 15 is 0 Å². The summed E-state index contributed by atoms with van der Waals surface area (Å²) in [6, 6.07) is 4.36. The van der Waals surface area contributed by atoms with Crippen LogP contribution in [-0.4, -0.2) is 42.6 Å². The molecule has 5 nitrogen and oxygen atoms in total. The van der Waals surface area contributed by atoms with Crippen molar-refractivity contribution in [1.82, 2.24) is 15.5 Å². The van der Waals surface area contributed by atoms with Crippen molar-refractivity contribution < 1.29 is 4.42 Å². The minimum atomic E-state index is -0.00852. The summed E-state index contributed by atoms with van der Waals surface area (Å²) in [5.41, 5.74) is -0.00852. The fourth-order valence-electron chi connectivity index (χ4n) is 2.91. The second-order valence-electron chi connectivity index (χ2n) is 7.30. The summed E-state index contributed by atoms with van der Waals surface area (Å²) in [5.74, 6) is 2.86. The summed E-state index contributed by atoms with van der Waals surface area (Å²) in [6.07, 6.45) is 2.53. The van der Waals surface area contributed by atoms with Crippen molar-refractivity contribution in [2.45, 2.75) is 59.0 Å². The number of hydrogen-bond donors (Lipinski definition) is 2.